The Labute approximate surface area is 94.0 Å². The van der Waals surface area contributed by atoms with E-state index in [0.29, 0.717) is 0 Å². The first-order valence-corrected chi connectivity index (χ1v) is 5.35. The molecule has 1 aromatic heterocycles. The maximum Gasteiger partial charge on any atom is 0.334 e. The predicted molar refractivity (Wildman–Crippen MR) is 62.1 cm³/mol. The second kappa shape index (κ2) is 4.15. The summed E-state index contributed by atoms with van der Waals surface area (Å²) < 4.78 is 2.39. The Hall–Kier alpha value is -1.52. The van der Waals surface area contributed by atoms with Gasteiger partial charge >= 0.3 is 5.69 Å². The van der Waals surface area contributed by atoms with Gasteiger partial charge in [-0.25, -0.2) is 4.79 Å². The SMILES string of the molecule is Cc1c(O)n(C(C)C)c(=O)n(C(C)C)c1=O. The second-order valence-electron chi connectivity index (χ2n) is 4.46. The van der Waals surface area contributed by atoms with Crippen LogP contribution in [0.2, 0.25) is 0 Å². The highest BCUT2D eigenvalue weighted by Crippen LogP contribution is 2.15. The van der Waals surface area contributed by atoms with Crippen molar-refractivity contribution >= 4 is 0 Å². The van der Waals surface area contributed by atoms with Gasteiger partial charge in [0.15, 0.2) is 0 Å². The minimum Gasteiger partial charge on any atom is -0.494 e. The van der Waals surface area contributed by atoms with Gasteiger partial charge in [-0.2, -0.15) is 0 Å². The Morgan fingerprint density at radius 1 is 1.00 bits per heavy atom. The average molecular weight is 226 g/mol. The summed E-state index contributed by atoms with van der Waals surface area (Å²) in [5.41, 5.74) is -0.672. The van der Waals surface area contributed by atoms with E-state index in [1.54, 1.807) is 27.7 Å². The van der Waals surface area contributed by atoms with Gasteiger partial charge in [0.25, 0.3) is 5.56 Å². The van der Waals surface area contributed by atoms with Gasteiger partial charge in [-0.15, -0.1) is 0 Å². The van der Waals surface area contributed by atoms with Crippen LogP contribution in [0.3, 0.4) is 0 Å². The first-order chi connectivity index (χ1) is 7.29. The van der Waals surface area contributed by atoms with Gasteiger partial charge in [-0.3, -0.25) is 13.9 Å². The zero-order chi connectivity index (χ0) is 12.6. The van der Waals surface area contributed by atoms with Crippen molar-refractivity contribution in [2.75, 3.05) is 0 Å². The smallest absolute Gasteiger partial charge is 0.334 e. The molecule has 0 aromatic carbocycles. The van der Waals surface area contributed by atoms with Crippen molar-refractivity contribution in [2.45, 2.75) is 46.7 Å². The summed E-state index contributed by atoms with van der Waals surface area (Å²) in [5, 5.41) is 9.79. The normalized spacial score (nSPS) is 11.4. The van der Waals surface area contributed by atoms with Crippen LogP contribution in [0.25, 0.3) is 0 Å². The highest BCUT2D eigenvalue weighted by atomic mass is 16.3. The Morgan fingerprint density at radius 3 is 1.81 bits per heavy atom. The monoisotopic (exact) mass is 226 g/mol. The molecule has 1 aromatic rings. The molecular formula is C11H18N2O3. The minimum atomic E-state index is -0.460. The van der Waals surface area contributed by atoms with Crippen LogP contribution < -0.4 is 11.2 Å². The van der Waals surface area contributed by atoms with Crippen LogP contribution in [0.1, 0.15) is 45.3 Å². The molecule has 0 unspecified atom stereocenters. The fraction of sp³-hybridized carbons (Fsp3) is 0.636. The van der Waals surface area contributed by atoms with Gasteiger partial charge in [-0.1, -0.05) is 0 Å². The molecule has 16 heavy (non-hydrogen) atoms. The van der Waals surface area contributed by atoms with Crippen molar-refractivity contribution in [2.24, 2.45) is 0 Å². The molecule has 1 rings (SSSR count). The molecule has 5 nitrogen and oxygen atoms in total. The summed E-state index contributed by atoms with van der Waals surface area (Å²) in [6.45, 7) is 8.63. The summed E-state index contributed by atoms with van der Waals surface area (Å²) in [5.74, 6) is -0.234. The lowest BCUT2D eigenvalue weighted by Crippen LogP contribution is -2.42. The summed E-state index contributed by atoms with van der Waals surface area (Å²) in [6, 6.07) is -0.402. The number of aromatic hydroxyl groups is 1. The Kier molecular flexibility index (Phi) is 3.26. The molecule has 0 atom stereocenters. The fourth-order valence-electron chi connectivity index (χ4n) is 1.67. The Balaban J connectivity index is 3.81. The molecule has 0 aliphatic rings. The van der Waals surface area contributed by atoms with Gasteiger partial charge in [0.1, 0.15) is 0 Å². The third-order valence-corrected chi connectivity index (χ3v) is 2.55. The van der Waals surface area contributed by atoms with Crippen molar-refractivity contribution in [3.63, 3.8) is 0 Å². The van der Waals surface area contributed by atoms with Crippen LogP contribution >= 0.6 is 0 Å². The molecule has 0 saturated carbocycles. The van der Waals surface area contributed by atoms with Crippen LogP contribution in [0, 0.1) is 6.92 Å². The van der Waals surface area contributed by atoms with E-state index in [-0.39, 0.29) is 23.5 Å². The van der Waals surface area contributed by atoms with Crippen molar-refractivity contribution in [1.82, 2.24) is 9.13 Å². The molecule has 5 heteroatoms. The van der Waals surface area contributed by atoms with Crippen molar-refractivity contribution in [3.05, 3.63) is 26.4 Å². The molecule has 0 fully saturated rings. The minimum absolute atomic E-state index is 0.184. The molecule has 0 amide bonds. The summed E-state index contributed by atoms with van der Waals surface area (Å²) in [6.07, 6.45) is 0. The first kappa shape index (κ1) is 12.5. The molecule has 0 spiro atoms. The molecule has 0 bridgehead atoms. The van der Waals surface area contributed by atoms with Crippen molar-refractivity contribution in [1.29, 1.82) is 0 Å². The number of aromatic nitrogens is 2. The topological polar surface area (TPSA) is 64.2 Å². The third-order valence-electron chi connectivity index (χ3n) is 2.55. The predicted octanol–water partition coefficient (Wildman–Crippen LogP) is 1.19. The van der Waals surface area contributed by atoms with Crippen LogP contribution in [0.5, 0.6) is 5.88 Å². The van der Waals surface area contributed by atoms with E-state index < -0.39 is 11.2 Å². The molecule has 0 saturated heterocycles. The molecule has 0 aliphatic carbocycles. The first-order valence-electron chi connectivity index (χ1n) is 5.35. The number of hydrogen-bond acceptors (Lipinski definition) is 3. The lowest BCUT2D eigenvalue weighted by atomic mass is 10.3. The molecule has 90 valence electrons. The van der Waals surface area contributed by atoms with E-state index in [4.69, 9.17) is 0 Å². The number of hydrogen-bond donors (Lipinski definition) is 1. The van der Waals surface area contributed by atoms with E-state index in [0.717, 1.165) is 4.57 Å². The quantitative estimate of drug-likeness (QED) is 0.823. The molecular weight excluding hydrogens is 208 g/mol. The number of rotatable bonds is 2. The van der Waals surface area contributed by atoms with Crippen LogP contribution in [0.15, 0.2) is 9.59 Å². The highest BCUT2D eigenvalue weighted by molar-refractivity contribution is 5.22. The van der Waals surface area contributed by atoms with Gasteiger partial charge in [0.2, 0.25) is 5.88 Å². The van der Waals surface area contributed by atoms with E-state index in [2.05, 4.69) is 0 Å². The summed E-state index contributed by atoms with van der Waals surface area (Å²) in [4.78, 5) is 23.8. The number of nitrogens with zero attached hydrogens (tertiary/aromatic N) is 2. The molecule has 1 heterocycles. The van der Waals surface area contributed by atoms with Gasteiger partial charge < -0.3 is 5.11 Å². The van der Waals surface area contributed by atoms with Crippen molar-refractivity contribution < 1.29 is 5.11 Å². The highest BCUT2D eigenvalue weighted by Gasteiger charge is 2.18. The largest absolute Gasteiger partial charge is 0.494 e. The second-order valence-corrected chi connectivity index (χ2v) is 4.46. The molecule has 0 aliphatic heterocycles. The Morgan fingerprint density at radius 2 is 1.44 bits per heavy atom. The molecule has 0 radical (unpaired) electrons. The summed E-state index contributed by atoms with van der Waals surface area (Å²) in [7, 11) is 0. The maximum atomic E-state index is 12.0. The van der Waals surface area contributed by atoms with Gasteiger partial charge in [-0.05, 0) is 34.6 Å². The third kappa shape index (κ3) is 1.77. The zero-order valence-corrected chi connectivity index (χ0v) is 10.3. The van der Waals surface area contributed by atoms with Crippen molar-refractivity contribution in [3.8, 4) is 5.88 Å². The van der Waals surface area contributed by atoms with E-state index in [1.807, 2.05) is 0 Å². The van der Waals surface area contributed by atoms with Crippen LogP contribution in [0.4, 0.5) is 0 Å². The van der Waals surface area contributed by atoms with E-state index in [1.165, 1.54) is 11.5 Å². The maximum absolute atomic E-state index is 12.0. The van der Waals surface area contributed by atoms with E-state index >= 15 is 0 Å². The van der Waals surface area contributed by atoms with Gasteiger partial charge in [0.05, 0.1) is 5.56 Å². The standard InChI is InChI=1S/C11H18N2O3/c1-6(2)12-9(14)8(5)10(15)13(7(3)4)11(12)16/h6-7,14H,1-5H3. The van der Waals surface area contributed by atoms with E-state index in [9.17, 15) is 14.7 Å². The fourth-order valence-corrected chi connectivity index (χ4v) is 1.67. The zero-order valence-electron chi connectivity index (χ0n) is 10.3. The molecule has 1 N–H and O–H groups in total. The lowest BCUT2D eigenvalue weighted by Gasteiger charge is -2.18. The van der Waals surface area contributed by atoms with Gasteiger partial charge in [0, 0.05) is 12.1 Å². The summed E-state index contributed by atoms with van der Waals surface area (Å²) >= 11 is 0. The van der Waals surface area contributed by atoms with Crippen LogP contribution in [-0.2, 0) is 0 Å². The van der Waals surface area contributed by atoms with Crippen LogP contribution in [-0.4, -0.2) is 14.2 Å². The Bertz CT molecular complexity index is 509. The lowest BCUT2D eigenvalue weighted by molar-refractivity contribution is 0.358. The average Bonchev–Trinajstić information content (AvgIpc) is 2.13.